The molecule has 2 saturated carbocycles. The molecule has 3 fully saturated rings. The van der Waals surface area contributed by atoms with Gasteiger partial charge in [0.25, 0.3) is 5.91 Å². The van der Waals surface area contributed by atoms with Crippen LogP contribution in [0.5, 0.6) is 5.75 Å². The van der Waals surface area contributed by atoms with Gasteiger partial charge in [-0.1, -0.05) is 0 Å². The molecule has 0 aromatic carbocycles. The van der Waals surface area contributed by atoms with Crippen LogP contribution in [-0.2, 0) is 4.79 Å². The fourth-order valence-electron chi connectivity index (χ4n) is 4.78. The Hall–Kier alpha value is -4.00. The van der Waals surface area contributed by atoms with E-state index >= 15 is 0 Å². The van der Waals surface area contributed by atoms with E-state index in [1.54, 1.807) is 23.5 Å². The minimum absolute atomic E-state index is 0.00282. The van der Waals surface area contributed by atoms with Gasteiger partial charge in [-0.3, -0.25) is 14.6 Å². The van der Waals surface area contributed by atoms with Gasteiger partial charge in [-0.05, 0) is 56.4 Å². The lowest BCUT2D eigenvalue weighted by atomic mass is 9.97. The van der Waals surface area contributed by atoms with Crippen molar-refractivity contribution in [1.29, 1.82) is 5.26 Å². The molecule has 0 unspecified atom stereocenters. The van der Waals surface area contributed by atoms with E-state index in [1.807, 2.05) is 12.1 Å². The van der Waals surface area contributed by atoms with Crippen LogP contribution in [0.2, 0.25) is 0 Å². The molecular weight excluding hydrogens is 470 g/mol. The van der Waals surface area contributed by atoms with Crippen molar-refractivity contribution in [2.75, 3.05) is 19.7 Å². The van der Waals surface area contributed by atoms with Gasteiger partial charge < -0.3 is 19.9 Å². The molecule has 10 nitrogen and oxygen atoms in total. The molecule has 190 valence electrons. The van der Waals surface area contributed by atoms with Crippen LogP contribution in [0, 0.1) is 29.1 Å². The Morgan fingerprint density at radius 2 is 1.97 bits per heavy atom. The first-order chi connectivity index (χ1) is 18.1. The lowest BCUT2D eigenvalue weighted by molar-refractivity contribution is -0.135. The zero-order chi connectivity index (χ0) is 25.4. The van der Waals surface area contributed by atoms with E-state index in [9.17, 15) is 9.59 Å². The lowest BCUT2D eigenvalue weighted by Crippen LogP contribution is -2.51. The molecule has 37 heavy (non-hydrogen) atoms. The second kappa shape index (κ2) is 9.81. The highest BCUT2D eigenvalue weighted by Crippen LogP contribution is 2.34. The number of rotatable bonds is 8. The van der Waals surface area contributed by atoms with Gasteiger partial charge in [0.1, 0.15) is 23.0 Å². The molecule has 3 aliphatic rings. The van der Waals surface area contributed by atoms with Crippen LogP contribution < -0.4 is 10.1 Å². The average molecular weight is 500 g/mol. The van der Waals surface area contributed by atoms with Crippen LogP contribution in [0.3, 0.4) is 0 Å². The van der Waals surface area contributed by atoms with Crippen LogP contribution in [0.1, 0.15) is 48.9 Å². The summed E-state index contributed by atoms with van der Waals surface area (Å²) in [5, 5.41) is 12.1. The van der Waals surface area contributed by atoms with Crippen molar-refractivity contribution in [3.63, 3.8) is 0 Å². The third kappa shape index (κ3) is 5.12. The van der Waals surface area contributed by atoms with Gasteiger partial charge in [0.2, 0.25) is 5.91 Å². The number of hydrogen-bond acceptors (Lipinski definition) is 7. The van der Waals surface area contributed by atoms with E-state index in [0.29, 0.717) is 66.6 Å². The molecule has 3 aromatic heterocycles. The molecule has 2 N–H and O–H groups in total. The Balaban J connectivity index is 1.20. The largest absolute Gasteiger partial charge is 0.493 e. The molecular formula is C27H29N7O3. The number of fused-ring (bicyclic) bond motifs is 1. The molecule has 3 aromatic rings. The molecule has 6 rings (SSSR count). The van der Waals surface area contributed by atoms with Gasteiger partial charge in [0, 0.05) is 37.5 Å². The predicted octanol–water partition coefficient (Wildman–Crippen LogP) is 3.08. The number of piperidine rings is 1. The van der Waals surface area contributed by atoms with Crippen molar-refractivity contribution in [2.45, 2.75) is 44.6 Å². The second-order valence-corrected chi connectivity index (χ2v) is 10.3. The molecule has 10 heteroatoms. The quantitative estimate of drug-likeness (QED) is 0.486. The summed E-state index contributed by atoms with van der Waals surface area (Å²) < 4.78 is 5.87. The van der Waals surface area contributed by atoms with Crippen molar-refractivity contribution in [2.24, 2.45) is 17.8 Å². The highest BCUT2D eigenvalue weighted by atomic mass is 16.5. The first-order valence-corrected chi connectivity index (χ1v) is 13.0. The third-order valence-corrected chi connectivity index (χ3v) is 7.44. The van der Waals surface area contributed by atoms with Crippen molar-refractivity contribution in [3.8, 4) is 23.2 Å². The maximum Gasteiger partial charge on any atom is 0.255 e. The lowest BCUT2D eigenvalue weighted by Gasteiger charge is -2.32. The molecule has 2 amide bonds. The summed E-state index contributed by atoms with van der Waals surface area (Å²) >= 11 is 0. The van der Waals surface area contributed by atoms with Crippen LogP contribution in [0.25, 0.3) is 22.6 Å². The zero-order valence-corrected chi connectivity index (χ0v) is 20.5. The SMILES string of the molecule is N#CC1CCN(C(=O)[C@H](NC(=O)c2c[nH]c3ncc(-c4cc(OCC5CC5)ccn4)nc23)C2CC2)CC1. The smallest absolute Gasteiger partial charge is 0.255 e. The van der Waals surface area contributed by atoms with Gasteiger partial charge in [0.15, 0.2) is 5.65 Å². The maximum atomic E-state index is 13.4. The molecule has 0 spiro atoms. The van der Waals surface area contributed by atoms with Gasteiger partial charge in [0.05, 0.1) is 30.1 Å². The number of aromatic amines is 1. The summed E-state index contributed by atoms with van der Waals surface area (Å²) in [6, 6.07) is 5.38. The second-order valence-electron chi connectivity index (χ2n) is 10.3. The van der Waals surface area contributed by atoms with Crippen LogP contribution >= 0.6 is 0 Å². The molecule has 0 bridgehead atoms. The predicted molar refractivity (Wildman–Crippen MR) is 134 cm³/mol. The highest BCUT2D eigenvalue weighted by Gasteiger charge is 2.40. The molecule has 1 aliphatic heterocycles. The number of hydrogen-bond donors (Lipinski definition) is 2. The minimum atomic E-state index is -0.575. The number of aromatic nitrogens is 4. The summed E-state index contributed by atoms with van der Waals surface area (Å²) in [6.07, 6.45) is 10.5. The number of pyridine rings is 1. The van der Waals surface area contributed by atoms with Gasteiger partial charge in [-0.15, -0.1) is 0 Å². The van der Waals surface area contributed by atoms with E-state index < -0.39 is 6.04 Å². The molecule has 4 heterocycles. The Morgan fingerprint density at radius 1 is 1.16 bits per heavy atom. The Kier molecular flexibility index (Phi) is 6.20. The highest BCUT2D eigenvalue weighted by molar-refractivity contribution is 6.06. The molecule has 0 radical (unpaired) electrons. The van der Waals surface area contributed by atoms with Crippen molar-refractivity contribution < 1.29 is 14.3 Å². The van der Waals surface area contributed by atoms with Crippen molar-refractivity contribution in [1.82, 2.24) is 30.2 Å². The summed E-state index contributed by atoms with van der Waals surface area (Å²) in [7, 11) is 0. The number of H-pyrrole nitrogens is 1. The fraction of sp³-hybridized carbons (Fsp3) is 0.481. The first-order valence-electron chi connectivity index (χ1n) is 13.0. The van der Waals surface area contributed by atoms with Crippen molar-refractivity contribution in [3.05, 3.63) is 36.3 Å². The van der Waals surface area contributed by atoms with Crippen molar-refractivity contribution >= 4 is 23.0 Å². The number of nitrogens with zero attached hydrogens (tertiary/aromatic N) is 5. The van der Waals surface area contributed by atoms with Gasteiger partial charge >= 0.3 is 0 Å². The van der Waals surface area contributed by atoms with E-state index in [4.69, 9.17) is 15.0 Å². The minimum Gasteiger partial charge on any atom is -0.493 e. The van der Waals surface area contributed by atoms with Crippen LogP contribution in [0.15, 0.2) is 30.7 Å². The zero-order valence-electron chi connectivity index (χ0n) is 20.5. The van der Waals surface area contributed by atoms with Crippen LogP contribution in [0.4, 0.5) is 0 Å². The molecule has 2 aliphatic carbocycles. The first kappa shape index (κ1) is 23.4. The number of nitrogens with one attached hydrogen (secondary N) is 2. The number of amides is 2. The third-order valence-electron chi connectivity index (χ3n) is 7.44. The summed E-state index contributed by atoms with van der Waals surface area (Å²) in [6.45, 7) is 1.80. The van der Waals surface area contributed by atoms with E-state index in [1.165, 1.54) is 12.8 Å². The van der Waals surface area contributed by atoms with E-state index in [-0.39, 0.29) is 23.7 Å². The van der Waals surface area contributed by atoms with E-state index in [2.05, 4.69) is 26.3 Å². The number of carbonyl (C=O) groups excluding carboxylic acids is 2. The average Bonchev–Trinajstić information content (AvgIpc) is 3.88. The molecule has 1 saturated heterocycles. The Labute approximate surface area is 214 Å². The topological polar surface area (TPSA) is 137 Å². The summed E-state index contributed by atoms with van der Waals surface area (Å²) in [4.78, 5) is 45.0. The number of nitriles is 1. The Morgan fingerprint density at radius 3 is 2.70 bits per heavy atom. The molecule has 1 atom stereocenters. The fourth-order valence-corrected chi connectivity index (χ4v) is 4.78. The summed E-state index contributed by atoms with van der Waals surface area (Å²) in [5.74, 6) is 1.09. The van der Waals surface area contributed by atoms with Gasteiger partial charge in [-0.2, -0.15) is 5.26 Å². The van der Waals surface area contributed by atoms with E-state index in [0.717, 1.165) is 18.6 Å². The standard InChI is InChI=1S/C27H29N7O3/c28-12-16-6-9-34(10-7-16)27(36)23(18-3-4-18)33-26(35)20-13-30-25-24(20)32-22(14-31-25)21-11-19(5-8-29-21)37-15-17-1-2-17/h5,8,11,13-14,16-18,23H,1-4,6-7,9-10,15H2,(H,30,31)(H,33,35)/t23-/m1/s1. The van der Waals surface area contributed by atoms with Gasteiger partial charge in [-0.25, -0.2) is 9.97 Å². The maximum absolute atomic E-state index is 13.4. The number of carbonyl (C=O) groups is 2. The monoisotopic (exact) mass is 499 g/mol. The van der Waals surface area contributed by atoms with Crippen LogP contribution in [-0.4, -0.2) is 62.4 Å². The number of ether oxygens (including phenoxy) is 1. The summed E-state index contributed by atoms with van der Waals surface area (Å²) in [5.41, 5.74) is 2.41. The normalized spacial score (nSPS) is 18.8. The number of likely N-dealkylation sites (tertiary alicyclic amines) is 1. The Bertz CT molecular complexity index is 1360.